The van der Waals surface area contributed by atoms with Crippen LogP contribution in [-0.4, -0.2) is 20.7 Å². The molecule has 0 bridgehead atoms. The average molecular weight is 338 g/mol. The van der Waals surface area contributed by atoms with Gasteiger partial charge < -0.3 is 0 Å². The number of hydrogen-bond donors (Lipinski definition) is 0. The number of benzene rings is 2. The lowest BCUT2D eigenvalue weighted by Gasteiger charge is -2.14. The molecule has 0 unspecified atom stereocenters. The van der Waals surface area contributed by atoms with Crippen molar-refractivity contribution < 1.29 is 4.79 Å². The zero-order valence-corrected chi connectivity index (χ0v) is 14.0. The summed E-state index contributed by atoms with van der Waals surface area (Å²) < 4.78 is 1.89. The summed E-state index contributed by atoms with van der Waals surface area (Å²) in [4.78, 5) is 23.8. The van der Waals surface area contributed by atoms with Gasteiger partial charge in [-0.05, 0) is 12.5 Å². The Morgan fingerprint density at radius 1 is 1.04 bits per heavy atom. The fourth-order valence-electron chi connectivity index (χ4n) is 2.97. The van der Waals surface area contributed by atoms with Crippen molar-refractivity contribution in [2.24, 2.45) is 0 Å². The van der Waals surface area contributed by atoms with Crippen LogP contribution in [-0.2, 0) is 0 Å². The number of carbonyl (C=O) groups is 1. The Morgan fingerprint density at radius 3 is 2.38 bits per heavy atom. The van der Waals surface area contributed by atoms with Crippen LogP contribution in [0.2, 0.25) is 0 Å². The molecule has 0 aliphatic heterocycles. The predicted octanol–water partition coefficient (Wildman–Crippen LogP) is 4.74. The molecule has 4 rings (SSSR count). The summed E-state index contributed by atoms with van der Waals surface area (Å²) in [5.41, 5.74) is 5.89. The van der Waals surface area contributed by atoms with Crippen LogP contribution in [0.5, 0.6) is 0 Å². The van der Waals surface area contributed by atoms with Crippen LogP contribution in [0.15, 0.2) is 60.9 Å². The molecule has 0 aliphatic carbocycles. The molecule has 2 heterocycles. The second-order valence-corrected chi connectivity index (χ2v) is 5.96. The normalized spacial score (nSPS) is 10.6. The molecule has 2 aromatic carbocycles. The van der Waals surface area contributed by atoms with Crippen molar-refractivity contribution in [1.29, 1.82) is 0 Å². The molecule has 0 fully saturated rings. The van der Waals surface area contributed by atoms with E-state index in [1.54, 1.807) is 18.3 Å². The number of aryl methyl sites for hydroxylation is 1. The smallest absolute Gasteiger partial charge is 0.187 e. The van der Waals surface area contributed by atoms with Gasteiger partial charge in [0.2, 0.25) is 0 Å². The highest BCUT2D eigenvalue weighted by Gasteiger charge is 2.17. The van der Waals surface area contributed by atoms with Crippen LogP contribution < -0.4 is 0 Å². The molecule has 0 spiro atoms. The van der Waals surface area contributed by atoms with Gasteiger partial charge in [0.15, 0.2) is 17.6 Å². The van der Waals surface area contributed by atoms with Gasteiger partial charge in [-0.3, -0.25) is 9.20 Å². The van der Waals surface area contributed by atoms with E-state index in [4.69, 9.17) is 6.57 Å². The fourth-order valence-corrected chi connectivity index (χ4v) is 2.97. The number of fused-ring (bicyclic) bond motifs is 1. The minimum absolute atomic E-state index is 0.287. The largest absolute Gasteiger partial charge is 0.296 e. The fraction of sp³-hybridized carbons (Fsp3) is 0.0476. The second-order valence-electron chi connectivity index (χ2n) is 5.96. The van der Waals surface area contributed by atoms with Crippen molar-refractivity contribution in [3.05, 3.63) is 83.6 Å². The summed E-state index contributed by atoms with van der Waals surface area (Å²) in [7, 11) is 0. The Morgan fingerprint density at radius 2 is 1.73 bits per heavy atom. The van der Waals surface area contributed by atoms with Crippen LogP contribution in [0.25, 0.3) is 33.0 Å². The van der Waals surface area contributed by atoms with Gasteiger partial charge in [-0.15, -0.1) is 0 Å². The number of nitrogens with zero attached hydrogens (tertiary/aromatic N) is 4. The minimum Gasteiger partial charge on any atom is -0.296 e. The molecule has 5 heteroatoms. The van der Waals surface area contributed by atoms with Crippen molar-refractivity contribution in [1.82, 2.24) is 14.4 Å². The highest BCUT2D eigenvalue weighted by atomic mass is 16.1. The Hall–Kier alpha value is -3.78. The molecule has 2 aromatic heterocycles. The Kier molecular flexibility index (Phi) is 3.79. The highest BCUT2D eigenvalue weighted by molar-refractivity contribution is 5.88. The number of imidazole rings is 1. The van der Waals surface area contributed by atoms with Gasteiger partial charge in [-0.2, -0.15) is 0 Å². The van der Waals surface area contributed by atoms with E-state index < -0.39 is 0 Å². The van der Waals surface area contributed by atoms with E-state index in [9.17, 15) is 4.79 Å². The van der Waals surface area contributed by atoms with Crippen molar-refractivity contribution in [3.8, 4) is 22.5 Å². The van der Waals surface area contributed by atoms with Crippen molar-refractivity contribution >= 4 is 17.6 Å². The van der Waals surface area contributed by atoms with Crippen LogP contribution in [0.4, 0.5) is 5.69 Å². The summed E-state index contributed by atoms with van der Waals surface area (Å²) >= 11 is 0. The van der Waals surface area contributed by atoms with Crippen LogP contribution >= 0.6 is 0 Å². The molecule has 4 aromatic rings. The lowest BCUT2D eigenvalue weighted by molar-refractivity contribution is 0.112. The standard InChI is InChI=1S/C21H14N4O/c1-14-3-5-16(6-4-14)20-19(15-7-9-17(22-2)10-8-15)24-18(13-26)21-23-11-12-25(20)21/h3-13H,1H3. The second kappa shape index (κ2) is 6.26. The molecule has 26 heavy (non-hydrogen) atoms. The van der Waals surface area contributed by atoms with E-state index in [0.29, 0.717) is 17.0 Å². The summed E-state index contributed by atoms with van der Waals surface area (Å²) in [6.45, 7) is 9.15. The first-order valence-corrected chi connectivity index (χ1v) is 8.08. The maximum absolute atomic E-state index is 11.5. The maximum Gasteiger partial charge on any atom is 0.187 e. The topological polar surface area (TPSA) is 51.6 Å². The molecule has 5 nitrogen and oxygen atoms in total. The zero-order chi connectivity index (χ0) is 18.1. The number of aldehydes is 1. The van der Waals surface area contributed by atoms with E-state index in [1.165, 1.54) is 0 Å². The number of carbonyl (C=O) groups excluding carboxylic acids is 1. The van der Waals surface area contributed by atoms with Crippen LogP contribution in [0.1, 0.15) is 16.1 Å². The lowest BCUT2D eigenvalue weighted by Crippen LogP contribution is -2.03. The SMILES string of the molecule is [C-]#[N+]c1ccc(-c2nc(C=O)c3nccn3c2-c2ccc(C)cc2)cc1. The zero-order valence-electron chi connectivity index (χ0n) is 14.0. The molecule has 0 saturated heterocycles. The maximum atomic E-state index is 11.5. The first kappa shape index (κ1) is 15.7. The monoisotopic (exact) mass is 338 g/mol. The third-order valence-electron chi connectivity index (χ3n) is 4.27. The molecule has 0 aliphatic rings. The van der Waals surface area contributed by atoms with Crippen LogP contribution in [0.3, 0.4) is 0 Å². The summed E-state index contributed by atoms with van der Waals surface area (Å²) in [5.74, 6) is 0. The van der Waals surface area contributed by atoms with Crippen molar-refractivity contribution in [2.45, 2.75) is 6.92 Å². The molecule has 0 radical (unpaired) electrons. The van der Waals surface area contributed by atoms with Crippen molar-refractivity contribution in [2.75, 3.05) is 0 Å². The Bertz CT molecular complexity index is 1150. The lowest BCUT2D eigenvalue weighted by atomic mass is 10.0. The van der Waals surface area contributed by atoms with Gasteiger partial charge in [0.25, 0.3) is 0 Å². The van der Waals surface area contributed by atoms with Gasteiger partial charge in [-0.25, -0.2) is 14.8 Å². The van der Waals surface area contributed by atoms with E-state index >= 15 is 0 Å². The molecular formula is C21H14N4O. The number of aromatic nitrogens is 3. The van der Waals surface area contributed by atoms with E-state index in [1.807, 2.05) is 53.9 Å². The molecule has 0 atom stereocenters. The molecule has 0 N–H and O–H groups in total. The first-order valence-electron chi connectivity index (χ1n) is 8.08. The average Bonchev–Trinajstić information content (AvgIpc) is 3.17. The minimum atomic E-state index is 0.287. The van der Waals surface area contributed by atoms with Gasteiger partial charge in [0, 0.05) is 18.0 Å². The van der Waals surface area contributed by atoms with Crippen molar-refractivity contribution in [3.63, 3.8) is 0 Å². The van der Waals surface area contributed by atoms with Gasteiger partial charge in [0.05, 0.1) is 18.0 Å². The van der Waals surface area contributed by atoms with E-state index in [-0.39, 0.29) is 5.69 Å². The van der Waals surface area contributed by atoms with Gasteiger partial charge >= 0.3 is 0 Å². The summed E-state index contributed by atoms with van der Waals surface area (Å²) in [5, 5.41) is 0. The van der Waals surface area contributed by atoms with Gasteiger partial charge in [0.1, 0.15) is 5.69 Å². The molecule has 0 amide bonds. The highest BCUT2D eigenvalue weighted by Crippen LogP contribution is 2.33. The Balaban J connectivity index is 2.06. The third kappa shape index (κ3) is 2.54. The molecule has 124 valence electrons. The summed E-state index contributed by atoms with van der Waals surface area (Å²) in [6.07, 6.45) is 4.21. The Labute approximate surface area is 150 Å². The molecule has 0 saturated carbocycles. The number of hydrogen-bond acceptors (Lipinski definition) is 3. The van der Waals surface area contributed by atoms with Crippen LogP contribution in [0, 0.1) is 13.5 Å². The predicted molar refractivity (Wildman–Crippen MR) is 100 cm³/mol. The number of rotatable bonds is 3. The quantitative estimate of drug-likeness (QED) is 0.401. The molecular weight excluding hydrogens is 324 g/mol. The van der Waals surface area contributed by atoms with E-state index in [0.717, 1.165) is 28.7 Å². The summed E-state index contributed by atoms with van der Waals surface area (Å²) in [6, 6.07) is 15.3. The van der Waals surface area contributed by atoms with E-state index in [2.05, 4.69) is 14.8 Å². The third-order valence-corrected chi connectivity index (χ3v) is 4.27. The van der Waals surface area contributed by atoms with Gasteiger partial charge in [-0.1, -0.05) is 54.1 Å². The first-order chi connectivity index (χ1) is 12.7.